The van der Waals surface area contributed by atoms with Crippen LogP contribution in [0, 0.1) is 5.92 Å². The summed E-state index contributed by atoms with van der Waals surface area (Å²) in [4.78, 5) is 11.9. The molecule has 3 rings (SSSR count). The second-order valence-electron chi connectivity index (χ2n) is 7.94. The number of amides is 1. The number of carbonyl (C=O) groups excluding carboxylic acids is 1. The van der Waals surface area contributed by atoms with Gasteiger partial charge in [0, 0.05) is 34.9 Å². The minimum atomic E-state index is 0.0321. The number of carbonyl (C=O) groups is 1. The van der Waals surface area contributed by atoms with E-state index in [0.29, 0.717) is 42.0 Å². The van der Waals surface area contributed by atoms with Crippen molar-refractivity contribution >= 4 is 28.9 Å². The van der Waals surface area contributed by atoms with Crippen LogP contribution in [0.2, 0.25) is 5.02 Å². The summed E-state index contributed by atoms with van der Waals surface area (Å²) in [7, 11) is 1.63. The van der Waals surface area contributed by atoms with Crippen molar-refractivity contribution in [1.29, 1.82) is 0 Å². The van der Waals surface area contributed by atoms with E-state index in [-0.39, 0.29) is 5.91 Å². The first kappa shape index (κ1) is 23.5. The fourth-order valence-electron chi connectivity index (χ4n) is 3.17. The molecule has 6 heteroatoms. The maximum atomic E-state index is 11.9. The number of halogens is 1. The number of benzene rings is 3. The second-order valence-corrected chi connectivity index (χ2v) is 8.35. The highest BCUT2D eigenvalue weighted by atomic mass is 35.5. The van der Waals surface area contributed by atoms with Gasteiger partial charge in [-0.1, -0.05) is 49.7 Å². The van der Waals surface area contributed by atoms with Gasteiger partial charge in [-0.25, -0.2) is 0 Å². The molecule has 32 heavy (non-hydrogen) atoms. The van der Waals surface area contributed by atoms with Crippen LogP contribution < -0.4 is 20.1 Å². The number of nitrogens with one attached hydrogen (secondary N) is 2. The van der Waals surface area contributed by atoms with Gasteiger partial charge in [0.1, 0.15) is 6.61 Å². The van der Waals surface area contributed by atoms with Gasteiger partial charge in [0.2, 0.25) is 5.91 Å². The molecule has 0 aromatic heterocycles. The van der Waals surface area contributed by atoms with E-state index >= 15 is 0 Å². The smallest absolute Gasteiger partial charge is 0.224 e. The second kappa shape index (κ2) is 11.4. The monoisotopic (exact) mass is 452 g/mol. The highest BCUT2D eigenvalue weighted by Crippen LogP contribution is 2.30. The van der Waals surface area contributed by atoms with Crippen molar-refractivity contribution in [3.63, 3.8) is 0 Å². The van der Waals surface area contributed by atoms with Gasteiger partial charge < -0.3 is 20.1 Å². The van der Waals surface area contributed by atoms with E-state index in [1.54, 1.807) is 7.11 Å². The third-order valence-electron chi connectivity index (χ3n) is 4.83. The predicted molar refractivity (Wildman–Crippen MR) is 131 cm³/mol. The zero-order chi connectivity index (χ0) is 22.9. The van der Waals surface area contributed by atoms with Crippen molar-refractivity contribution in [2.75, 3.05) is 17.7 Å². The van der Waals surface area contributed by atoms with Crippen LogP contribution in [0.25, 0.3) is 0 Å². The molecule has 0 unspecified atom stereocenters. The number of anilines is 2. The Morgan fingerprint density at radius 2 is 1.69 bits per heavy atom. The topological polar surface area (TPSA) is 59.6 Å². The van der Waals surface area contributed by atoms with Crippen molar-refractivity contribution in [3.8, 4) is 11.5 Å². The average molecular weight is 453 g/mol. The Kier molecular flexibility index (Phi) is 8.40. The zero-order valence-electron chi connectivity index (χ0n) is 18.7. The Morgan fingerprint density at radius 3 is 2.38 bits per heavy atom. The van der Waals surface area contributed by atoms with Crippen molar-refractivity contribution in [1.82, 2.24) is 0 Å². The molecule has 1 amide bonds. The Hall–Kier alpha value is -3.18. The lowest BCUT2D eigenvalue weighted by atomic mass is 10.1. The molecule has 0 bridgehead atoms. The molecule has 0 aliphatic rings. The van der Waals surface area contributed by atoms with Crippen LogP contribution in [0.1, 0.15) is 31.4 Å². The molecule has 0 radical (unpaired) electrons. The van der Waals surface area contributed by atoms with Gasteiger partial charge in [0.05, 0.1) is 7.11 Å². The van der Waals surface area contributed by atoms with E-state index in [4.69, 9.17) is 21.1 Å². The van der Waals surface area contributed by atoms with Gasteiger partial charge >= 0.3 is 0 Å². The third-order valence-corrected chi connectivity index (χ3v) is 5.20. The lowest BCUT2D eigenvalue weighted by Gasteiger charge is -2.14. The van der Waals surface area contributed by atoms with Crippen LogP contribution in [-0.4, -0.2) is 13.0 Å². The van der Waals surface area contributed by atoms with E-state index in [1.165, 1.54) is 0 Å². The molecule has 0 aliphatic carbocycles. The normalized spacial score (nSPS) is 10.7. The van der Waals surface area contributed by atoms with E-state index in [1.807, 2.05) is 80.6 Å². The van der Waals surface area contributed by atoms with Crippen LogP contribution >= 0.6 is 11.6 Å². The SMILES string of the molecule is COc1cc(CNc2ccc(NC(=O)CC(C)C)cc2)ccc1OCc1ccccc1Cl. The number of methoxy groups -OCH3 is 1. The molecule has 0 heterocycles. The first-order chi connectivity index (χ1) is 15.4. The third kappa shape index (κ3) is 6.92. The van der Waals surface area contributed by atoms with E-state index in [0.717, 1.165) is 22.5 Å². The summed E-state index contributed by atoms with van der Waals surface area (Å²) in [5, 5.41) is 6.98. The molecule has 5 nitrogen and oxygen atoms in total. The van der Waals surface area contributed by atoms with Crippen LogP contribution in [-0.2, 0) is 17.9 Å². The average Bonchev–Trinajstić information content (AvgIpc) is 2.77. The van der Waals surface area contributed by atoms with Crippen LogP contribution in [0.4, 0.5) is 11.4 Å². The van der Waals surface area contributed by atoms with Gasteiger partial charge in [0.25, 0.3) is 0 Å². The summed E-state index contributed by atoms with van der Waals surface area (Å²) in [5.74, 6) is 1.70. The minimum Gasteiger partial charge on any atom is -0.493 e. The molecule has 0 atom stereocenters. The fraction of sp³-hybridized carbons (Fsp3) is 0.269. The number of hydrogen-bond donors (Lipinski definition) is 2. The molecule has 0 saturated carbocycles. The molecular formula is C26H29ClN2O3. The molecule has 0 saturated heterocycles. The van der Waals surface area contributed by atoms with E-state index in [9.17, 15) is 4.79 Å². The Labute approximate surface area is 194 Å². The van der Waals surface area contributed by atoms with Gasteiger partial charge in [0.15, 0.2) is 11.5 Å². The molecule has 0 spiro atoms. The van der Waals surface area contributed by atoms with Crippen LogP contribution in [0.3, 0.4) is 0 Å². The van der Waals surface area contributed by atoms with Crippen molar-refractivity contribution in [3.05, 3.63) is 82.9 Å². The van der Waals surface area contributed by atoms with Gasteiger partial charge in [-0.3, -0.25) is 4.79 Å². The maximum Gasteiger partial charge on any atom is 0.224 e. The van der Waals surface area contributed by atoms with Crippen molar-refractivity contribution in [2.45, 2.75) is 33.4 Å². The molecular weight excluding hydrogens is 424 g/mol. The molecule has 0 fully saturated rings. The number of ether oxygens (including phenoxy) is 2. The minimum absolute atomic E-state index is 0.0321. The van der Waals surface area contributed by atoms with Crippen LogP contribution in [0.5, 0.6) is 11.5 Å². The summed E-state index contributed by atoms with van der Waals surface area (Å²) in [6.07, 6.45) is 0.514. The summed E-state index contributed by atoms with van der Waals surface area (Å²) < 4.78 is 11.4. The fourth-order valence-corrected chi connectivity index (χ4v) is 3.36. The standard InChI is InChI=1S/C26H29ClN2O3/c1-18(2)14-26(30)29-22-11-9-21(10-12-22)28-16-19-8-13-24(25(15-19)31-3)32-17-20-6-4-5-7-23(20)27/h4-13,15,18,28H,14,16-17H2,1-3H3,(H,29,30). The van der Waals surface area contributed by atoms with Crippen molar-refractivity contribution < 1.29 is 14.3 Å². The van der Waals surface area contributed by atoms with E-state index < -0.39 is 0 Å². The lowest BCUT2D eigenvalue weighted by molar-refractivity contribution is -0.116. The van der Waals surface area contributed by atoms with Gasteiger partial charge in [-0.15, -0.1) is 0 Å². The molecule has 2 N–H and O–H groups in total. The first-order valence-corrected chi connectivity index (χ1v) is 11.0. The molecule has 3 aromatic carbocycles. The first-order valence-electron chi connectivity index (χ1n) is 10.6. The zero-order valence-corrected chi connectivity index (χ0v) is 19.4. The van der Waals surface area contributed by atoms with Gasteiger partial charge in [-0.05, 0) is 53.9 Å². The van der Waals surface area contributed by atoms with Gasteiger partial charge in [-0.2, -0.15) is 0 Å². The number of hydrogen-bond acceptors (Lipinski definition) is 4. The Morgan fingerprint density at radius 1 is 0.969 bits per heavy atom. The quantitative estimate of drug-likeness (QED) is 0.367. The highest BCUT2D eigenvalue weighted by molar-refractivity contribution is 6.31. The highest BCUT2D eigenvalue weighted by Gasteiger charge is 2.08. The summed E-state index contributed by atoms with van der Waals surface area (Å²) in [6, 6.07) is 21.2. The summed E-state index contributed by atoms with van der Waals surface area (Å²) in [5.41, 5.74) is 3.74. The maximum absolute atomic E-state index is 11.9. The summed E-state index contributed by atoms with van der Waals surface area (Å²) in [6.45, 7) is 5.05. The molecule has 3 aromatic rings. The predicted octanol–water partition coefficient (Wildman–Crippen LogP) is 6.52. The van der Waals surface area contributed by atoms with E-state index in [2.05, 4.69) is 10.6 Å². The Balaban J connectivity index is 1.56. The lowest BCUT2D eigenvalue weighted by Crippen LogP contribution is -2.13. The largest absolute Gasteiger partial charge is 0.493 e. The van der Waals surface area contributed by atoms with Crippen molar-refractivity contribution in [2.24, 2.45) is 5.92 Å². The molecule has 168 valence electrons. The Bertz CT molecular complexity index is 1040. The molecule has 0 aliphatic heterocycles. The van der Waals surface area contributed by atoms with Crippen LogP contribution in [0.15, 0.2) is 66.7 Å². The summed E-state index contributed by atoms with van der Waals surface area (Å²) >= 11 is 6.20. The number of rotatable bonds is 10.